The number of pyridine rings is 1. The lowest BCUT2D eigenvalue weighted by molar-refractivity contribution is 0.478. The van der Waals surface area contributed by atoms with E-state index in [1.54, 1.807) is 6.20 Å². The third kappa shape index (κ3) is 4.57. The summed E-state index contributed by atoms with van der Waals surface area (Å²) in [5.41, 5.74) is 8.35. The largest absolute Gasteiger partial charge is 0.456 e. The molecule has 0 spiro atoms. The van der Waals surface area contributed by atoms with E-state index in [0.717, 1.165) is 23.5 Å². The van der Waals surface area contributed by atoms with Gasteiger partial charge in [-0.15, -0.1) is 0 Å². The molecule has 0 saturated heterocycles. The van der Waals surface area contributed by atoms with E-state index >= 15 is 0 Å². The molecular formula is C18H24N2O. The summed E-state index contributed by atoms with van der Waals surface area (Å²) in [5, 5.41) is 0. The summed E-state index contributed by atoms with van der Waals surface area (Å²) in [6, 6.07) is 10.3. The number of nitrogens with two attached hydrogens (primary N) is 1. The summed E-state index contributed by atoms with van der Waals surface area (Å²) in [7, 11) is 0. The smallest absolute Gasteiger partial charge is 0.145 e. The zero-order valence-corrected chi connectivity index (χ0v) is 13.3. The maximum Gasteiger partial charge on any atom is 0.145 e. The molecule has 1 aromatic heterocycles. The van der Waals surface area contributed by atoms with E-state index < -0.39 is 0 Å². The maximum atomic E-state index is 5.86. The normalized spacial score (nSPS) is 13.0. The van der Waals surface area contributed by atoms with Gasteiger partial charge in [-0.3, -0.25) is 4.98 Å². The van der Waals surface area contributed by atoms with Gasteiger partial charge in [0.1, 0.15) is 11.5 Å². The molecule has 3 nitrogen and oxygen atoms in total. The third-order valence-corrected chi connectivity index (χ3v) is 3.28. The van der Waals surface area contributed by atoms with Crippen molar-refractivity contribution < 1.29 is 4.74 Å². The van der Waals surface area contributed by atoms with Crippen molar-refractivity contribution in [1.82, 2.24) is 4.98 Å². The van der Waals surface area contributed by atoms with E-state index in [0.29, 0.717) is 0 Å². The summed E-state index contributed by atoms with van der Waals surface area (Å²) in [6.45, 7) is 8.58. The van der Waals surface area contributed by atoms with Crippen LogP contribution < -0.4 is 10.5 Å². The Kier molecular flexibility index (Phi) is 4.63. The Morgan fingerprint density at radius 2 is 1.76 bits per heavy atom. The van der Waals surface area contributed by atoms with Gasteiger partial charge < -0.3 is 10.5 Å². The molecule has 0 bridgehead atoms. The lowest BCUT2D eigenvalue weighted by atomic mass is 9.87. The van der Waals surface area contributed by atoms with Gasteiger partial charge in [-0.05, 0) is 48.1 Å². The van der Waals surface area contributed by atoms with Crippen LogP contribution in [-0.2, 0) is 11.8 Å². The minimum Gasteiger partial charge on any atom is -0.456 e. The highest BCUT2D eigenvalue weighted by molar-refractivity contribution is 5.35. The van der Waals surface area contributed by atoms with Crippen LogP contribution in [0.15, 0.2) is 42.7 Å². The summed E-state index contributed by atoms with van der Waals surface area (Å²) >= 11 is 0. The molecule has 0 saturated carbocycles. The number of rotatable bonds is 4. The van der Waals surface area contributed by atoms with Crippen LogP contribution in [0.3, 0.4) is 0 Å². The Morgan fingerprint density at radius 3 is 2.33 bits per heavy atom. The summed E-state index contributed by atoms with van der Waals surface area (Å²) < 4.78 is 5.86. The average Bonchev–Trinajstić information content (AvgIpc) is 2.38. The topological polar surface area (TPSA) is 48.1 Å². The lowest BCUT2D eigenvalue weighted by Gasteiger charge is -2.19. The van der Waals surface area contributed by atoms with E-state index in [1.807, 2.05) is 31.3 Å². The molecule has 1 heterocycles. The first-order valence-electron chi connectivity index (χ1n) is 7.32. The molecule has 1 aromatic carbocycles. The number of aromatic nitrogens is 1. The fraction of sp³-hybridized carbons (Fsp3) is 0.389. The van der Waals surface area contributed by atoms with Crippen LogP contribution in [0.25, 0.3) is 0 Å². The summed E-state index contributed by atoms with van der Waals surface area (Å²) in [4.78, 5) is 4.21. The molecule has 0 amide bonds. The Hall–Kier alpha value is -1.87. The van der Waals surface area contributed by atoms with Crippen LogP contribution in [-0.4, -0.2) is 11.0 Å². The monoisotopic (exact) mass is 284 g/mol. The van der Waals surface area contributed by atoms with E-state index in [4.69, 9.17) is 10.5 Å². The second kappa shape index (κ2) is 6.27. The van der Waals surface area contributed by atoms with Crippen molar-refractivity contribution in [2.24, 2.45) is 5.73 Å². The highest BCUT2D eigenvalue weighted by atomic mass is 16.5. The number of hydrogen-bond acceptors (Lipinski definition) is 3. The second-order valence-electron chi connectivity index (χ2n) is 6.59. The van der Waals surface area contributed by atoms with Crippen molar-refractivity contribution in [3.8, 4) is 11.5 Å². The zero-order chi connectivity index (χ0) is 15.5. The predicted octanol–water partition coefficient (Wildman–Crippen LogP) is 4.06. The first kappa shape index (κ1) is 15.5. The van der Waals surface area contributed by atoms with Gasteiger partial charge in [-0.25, -0.2) is 0 Å². The average molecular weight is 284 g/mol. The Morgan fingerprint density at radius 1 is 1.10 bits per heavy atom. The number of benzene rings is 1. The number of hydrogen-bond donors (Lipinski definition) is 1. The van der Waals surface area contributed by atoms with Crippen LogP contribution in [0.4, 0.5) is 0 Å². The molecule has 1 atom stereocenters. The first-order valence-corrected chi connectivity index (χ1v) is 7.32. The van der Waals surface area contributed by atoms with Gasteiger partial charge >= 0.3 is 0 Å². The lowest BCUT2D eigenvalue weighted by Crippen LogP contribution is -2.17. The van der Waals surface area contributed by atoms with Crippen molar-refractivity contribution in [3.63, 3.8) is 0 Å². The molecule has 112 valence electrons. The van der Waals surface area contributed by atoms with Crippen molar-refractivity contribution in [2.45, 2.75) is 45.6 Å². The van der Waals surface area contributed by atoms with Crippen molar-refractivity contribution in [1.29, 1.82) is 0 Å². The van der Waals surface area contributed by atoms with E-state index in [2.05, 4.69) is 37.9 Å². The van der Waals surface area contributed by atoms with Crippen LogP contribution in [0, 0.1) is 0 Å². The molecule has 3 heteroatoms. The van der Waals surface area contributed by atoms with E-state index in [9.17, 15) is 0 Å². The quantitative estimate of drug-likeness (QED) is 0.921. The second-order valence-corrected chi connectivity index (χ2v) is 6.59. The summed E-state index contributed by atoms with van der Waals surface area (Å²) in [5.74, 6) is 1.57. The Bertz CT molecular complexity index is 583. The molecule has 0 aliphatic carbocycles. The van der Waals surface area contributed by atoms with Crippen LogP contribution in [0.2, 0.25) is 0 Å². The van der Waals surface area contributed by atoms with Crippen LogP contribution in [0.5, 0.6) is 11.5 Å². The Labute approximate surface area is 127 Å². The van der Waals surface area contributed by atoms with Gasteiger partial charge in [-0.2, -0.15) is 0 Å². The highest BCUT2D eigenvalue weighted by Gasteiger charge is 2.13. The van der Waals surface area contributed by atoms with E-state index in [1.165, 1.54) is 5.56 Å². The van der Waals surface area contributed by atoms with Crippen molar-refractivity contribution in [3.05, 3.63) is 53.9 Å². The van der Waals surface area contributed by atoms with Crippen molar-refractivity contribution >= 4 is 0 Å². The molecule has 0 fully saturated rings. The molecule has 2 rings (SSSR count). The molecule has 0 aliphatic rings. The molecule has 1 unspecified atom stereocenters. The first-order chi connectivity index (χ1) is 9.84. The zero-order valence-electron chi connectivity index (χ0n) is 13.3. The van der Waals surface area contributed by atoms with Crippen molar-refractivity contribution in [2.75, 3.05) is 0 Å². The fourth-order valence-electron chi connectivity index (χ4n) is 2.16. The Balaban J connectivity index is 2.11. The predicted molar refractivity (Wildman–Crippen MR) is 86.8 cm³/mol. The fourth-order valence-corrected chi connectivity index (χ4v) is 2.16. The maximum absolute atomic E-state index is 5.86. The van der Waals surface area contributed by atoms with Gasteiger partial charge in [0.05, 0.1) is 6.20 Å². The SMILES string of the molecule is CC(N)Cc1cncc(Oc2ccc(C(C)(C)C)cc2)c1. The molecular weight excluding hydrogens is 260 g/mol. The standard InChI is InChI=1S/C18H24N2O/c1-13(19)9-14-10-17(12-20-11-14)21-16-7-5-15(6-8-16)18(2,3)4/h5-8,10-13H,9,19H2,1-4H3. The van der Waals surface area contributed by atoms with Gasteiger partial charge in [0, 0.05) is 12.2 Å². The van der Waals surface area contributed by atoms with Crippen LogP contribution in [0.1, 0.15) is 38.8 Å². The van der Waals surface area contributed by atoms with Gasteiger partial charge in [0.2, 0.25) is 0 Å². The molecule has 2 aromatic rings. The number of ether oxygens (including phenoxy) is 1. The summed E-state index contributed by atoms with van der Waals surface area (Å²) in [6.07, 6.45) is 4.36. The molecule has 21 heavy (non-hydrogen) atoms. The minimum atomic E-state index is 0.119. The van der Waals surface area contributed by atoms with Gasteiger partial charge in [0.25, 0.3) is 0 Å². The molecule has 0 aliphatic heterocycles. The molecule has 2 N–H and O–H groups in total. The van der Waals surface area contributed by atoms with Crippen LogP contribution >= 0.6 is 0 Å². The van der Waals surface area contributed by atoms with E-state index in [-0.39, 0.29) is 11.5 Å². The third-order valence-electron chi connectivity index (χ3n) is 3.28. The van der Waals surface area contributed by atoms with Gasteiger partial charge in [0.15, 0.2) is 0 Å². The van der Waals surface area contributed by atoms with Gasteiger partial charge in [-0.1, -0.05) is 32.9 Å². The number of nitrogens with zero attached hydrogens (tertiary/aromatic N) is 1. The minimum absolute atomic E-state index is 0.119. The highest BCUT2D eigenvalue weighted by Crippen LogP contribution is 2.27. The molecule has 0 radical (unpaired) electrons.